The number of benzene rings is 2. The highest BCUT2D eigenvalue weighted by Gasteiger charge is 2.12. The maximum Gasteiger partial charge on any atom is 0.174 e. The molecule has 0 aliphatic heterocycles. The highest BCUT2D eigenvalue weighted by atomic mass is 35.5. The van der Waals surface area contributed by atoms with Gasteiger partial charge in [-0.15, -0.1) is 0 Å². The number of para-hydroxylation sites is 1. The SMILES string of the molecule is COc1ccc(C(C)=O)cc1COc1c(F)cccc1Cl. The van der Waals surface area contributed by atoms with Gasteiger partial charge < -0.3 is 9.47 Å². The number of carbonyl (C=O) groups is 1. The van der Waals surface area contributed by atoms with Gasteiger partial charge in [-0.25, -0.2) is 4.39 Å². The summed E-state index contributed by atoms with van der Waals surface area (Å²) in [6, 6.07) is 9.32. The standard InChI is InChI=1S/C16H14ClFO3/c1-10(19)11-6-7-15(20-2)12(8-11)9-21-16-13(17)4-3-5-14(16)18/h3-8H,9H2,1-2H3. The summed E-state index contributed by atoms with van der Waals surface area (Å²) in [5.41, 5.74) is 1.18. The molecule has 0 atom stereocenters. The van der Waals surface area contributed by atoms with E-state index in [1.165, 1.54) is 26.2 Å². The lowest BCUT2D eigenvalue weighted by molar-refractivity contribution is 0.101. The molecular weight excluding hydrogens is 295 g/mol. The van der Waals surface area contributed by atoms with E-state index in [0.29, 0.717) is 16.9 Å². The molecule has 0 fully saturated rings. The van der Waals surface area contributed by atoms with Crippen LogP contribution in [0, 0.1) is 5.82 Å². The summed E-state index contributed by atoms with van der Waals surface area (Å²) in [7, 11) is 1.52. The van der Waals surface area contributed by atoms with Crippen LogP contribution in [0.1, 0.15) is 22.8 Å². The van der Waals surface area contributed by atoms with Crippen molar-refractivity contribution < 1.29 is 18.7 Å². The maximum absolute atomic E-state index is 13.6. The van der Waals surface area contributed by atoms with Gasteiger partial charge in [-0.05, 0) is 37.3 Å². The third-order valence-corrected chi connectivity index (χ3v) is 3.28. The van der Waals surface area contributed by atoms with E-state index in [0.717, 1.165) is 0 Å². The lowest BCUT2D eigenvalue weighted by atomic mass is 10.1. The molecule has 0 saturated carbocycles. The Bertz CT molecular complexity index is 650. The Morgan fingerprint density at radius 2 is 2.05 bits per heavy atom. The van der Waals surface area contributed by atoms with E-state index in [-0.39, 0.29) is 23.2 Å². The van der Waals surface area contributed by atoms with Crippen molar-refractivity contribution >= 4 is 17.4 Å². The minimum absolute atomic E-state index is 0.0190. The highest BCUT2D eigenvalue weighted by molar-refractivity contribution is 6.32. The fraction of sp³-hybridized carbons (Fsp3) is 0.188. The van der Waals surface area contributed by atoms with E-state index >= 15 is 0 Å². The monoisotopic (exact) mass is 308 g/mol. The second-order valence-corrected chi connectivity index (χ2v) is 4.83. The molecular formula is C16H14ClFO3. The third-order valence-electron chi connectivity index (χ3n) is 2.98. The summed E-state index contributed by atoms with van der Waals surface area (Å²) in [6.45, 7) is 1.52. The number of halogens is 2. The van der Waals surface area contributed by atoms with E-state index in [1.54, 1.807) is 24.3 Å². The van der Waals surface area contributed by atoms with E-state index < -0.39 is 5.82 Å². The zero-order valence-electron chi connectivity index (χ0n) is 11.7. The lowest BCUT2D eigenvalue weighted by Gasteiger charge is -2.12. The van der Waals surface area contributed by atoms with Gasteiger partial charge in [0.25, 0.3) is 0 Å². The number of methoxy groups -OCH3 is 1. The first-order valence-corrected chi connectivity index (χ1v) is 6.65. The topological polar surface area (TPSA) is 35.5 Å². The molecule has 2 aromatic carbocycles. The number of carbonyl (C=O) groups excluding carboxylic acids is 1. The van der Waals surface area contributed by atoms with Gasteiger partial charge in [0, 0.05) is 11.1 Å². The van der Waals surface area contributed by atoms with Gasteiger partial charge in [-0.3, -0.25) is 4.79 Å². The molecule has 0 spiro atoms. The zero-order chi connectivity index (χ0) is 15.4. The molecule has 2 aromatic rings. The number of ketones is 1. The molecule has 0 heterocycles. The number of hydrogen-bond acceptors (Lipinski definition) is 3. The molecule has 0 aromatic heterocycles. The van der Waals surface area contributed by atoms with Gasteiger partial charge in [0.2, 0.25) is 0 Å². The Morgan fingerprint density at radius 1 is 1.29 bits per heavy atom. The van der Waals surface area contributed by atoms with Gasteiger partial charge in [0.15, 0.2) is 17.3 Å². The minimum atomic E-state index is -0.538. The Labute approximate surface area is 127 Å². The summed E-state index contributed by atoms with van der Waals surface area (Å²) in [6.07, 6.45) is 0. The number of Topliss-reactive ketones (excluding diaryl/α,β-unsaturated/α-hetero) is 1. The van der Waals surface area contributed by atoms with Crippen LogP contribution in [0.15, 0.2) is 36.4 Å². The molecule has 5 heteroatoms. The van der Waals surface area contributed by atoms with Crippen LogP contribution >= 0.6 is 11.6 Å². The van der Waals surface area contributed by atoms with Crippen molar-refractivity contribution in [3.63, 3.8) is 0 Å². The van der Waals surface area contributed by atoms with Crippen molar-refractivity contribution in [1.82, 2.24) is 0 Å². The molecule has 110 valence electrons. The molecule has 21 heavy (non-hydrogen) atoms. The van der Waals surface area contributed by atoms with Gasteiger partial charge >= 0.3 is 0 Å². The molecule has 3 nitrogen and oxygen atoms in total. The van der Waals surface area contributed by atoms with Crippen LogP contribution in [0.25, 0.3) is 0 Å². The summed E-state index contributed by atoms with van der Waals surface area (Å²) < 4.78 is 24.3. The Hall–Kier alpha value is -2.07. The van der Waals surface area contributed by atoms with Crippen molar-refractivity contribution in [2.45, 2.75) is 13.5 Å². The van der Waals surface area contributed by atoms with Crippen LogP contribution in [0.3, 0.4) is 0 Å². The zero-order valence-corrected chi connectivity index (χ0v) is 12.4. The molecule has 0 aliphatic carbocycles. The average molecular weight is 309 g/mol. The summed E-state index contributed by atoms with van der Waals surface area (Å²) in [5.74, 6) is -0.0612. The second kappa shape index (κ2) is 6.59. The highest BCUT2D eigenvalue weighted by Crippen LogP contribution is 2.29. The number of ether oxygens (including phenoxy) is 2. The predicted molar refractivity (Wildman–Crippen MR) is 78.7 cm³/mol. The van der Waals surface area contributed by atoms with Gasteiger partial charge in [0.05, 0.1) is 12.1 Å². The van der Waals surface area contributed by atoms with Gasteiger partial charge in [0.1, 0.15) is 12.4 Å². The maximum atomic E-state index is 13.6. The van der Waals surface area contributed by atoms with Crippen molar-refractivity contribution in [2.24, 2.45) is 0 Å². The number of hydrogen-bond donors (Lipinski definition) is 0. The van der Waals surface area contributed by atoms with E-state index in [4.69, 9.17) is 21.1 Å². The minimum Gasteiger partial charge on any atom is -0.496 e. The van der Waals surface area contributed by atoms with E-state index in [9.17, 15) is 9.18 Å². The normalized spacial score (nSPS) is 10.3. The average Bonchev–Trinajstić information content (AvgIpc) is 2.46. The fourth-order valence-corrected chi connectivity index (χ4v) is 2.10. The number of rotatable bonds is 5. The molecule has 0 amide bonds. The lowest BCUT2D eigenvalue weighted by Crippen LogP contribution is -2.03. The molecule has 0 N–H and O–H groups in total. The van der Waals surface area contributed by atoms with E-state index in [2.05, 4.69) is 0 Å². The summed E-state index contributed by atoms with van der Waals surface area (Å²) >= 11 is 5.90. The molecule has 0 unspecified atom stereocenters. The van der Waals surface area contributed by atoms with E-state index in [1.807, 2.05) is 0 Å². The molecule has 0 bridgehead atoms. The smallest absolute Gasteiger partial charge is 0.174 e. The molecule has 2 rings (SSSR count). The van der Waals surface area contributed by atoms with Crippen molar-refractivity contribution in [3.8, 4) is 11.5 Å². The Balaban J connectivity index is 2.26. The first-order chi connectivity index (χ1) is 10.0. The van der Waals surface area contributed by atoms with Crippen LogP contribution in [0.4, 0.5) is 4.39 Å². The molecule has 0 saturated heterocycles. The predicted octanol–water partition coefficient (Wildman–Crippen LogP) is 4.27. The Morgan fingerprint density at radius 3 is 2.67 bits per heavy atom. The van der Waals surface area contributed by atoms with Crippen LogP contribution in [-0.4, -0.2) is 12.9 Å². The summed E-state index contributed by atoms with van der Waals surface area (Å²) in [5, 5.41) is 0.191. The van der Waals surface area contributed by atoms with Crippen LogP contribution in [0.2, 0.25) is 5.02 Å². The molecule has 0 radical (unpaired) electrons. The van der Waals surface area contributed by atoms with Crippen LogP contribution in [0.5, 0.6) is 11.5 Å². The molecule has 0 aliphatic rings. The van der Waals surface area contributed by atoms with Crippen LogP contribution in [-0.2, 0) is 6.61 Å². The second-order valence-electron chi connectivity index (χ2n) is 4.42. The van der Waals surface area contributed by atoms with Crippen molar-refractivity contribution in [3.05, 3.63) is 58.4 Å². The quantitative estimate of drug-likeness (QED) is 0.774. The van der Waals surface area contributed by atoms with Crippen molar-refractivity contribution in [1.29, 1.82) is 0 Å². The largest absolute Gasteiger partial charge is 0.496 e. The van der Waals surface area contributed by atoms with Gasteiger partial charge in [-0.1, -0.05) is 17.7 Å². The first-order valence-electron chi connectivity index (χ1n) is 6.27. The third kappa shape index (κ3) is 3.52. The fourth-order valence-electron chi connectivity index (χ4n) is 1.88. The van der Waals surface area contributed by atoms with Gasteiger partial charge in [-0.2, -0.15) is 0 Å². The van der Waals surface area contributed by atoms with Crippen molar-refractivity contribution in [2.75, 3.05) is 7.11 Å². The summed E-state index contributed by atoms with van der Waals surface area (Å²) in [4.78, 5) is 11.4. The van der Waals surface area contributed by atoms with Crippen LogP contribution < -0.4 is 9.47 Å². The first kappa shape index (κ1) is 15.3. The Kier molecular flexibility index (Phi) is 4.81.